The molecule has 102 valence electrons. The van der Waals surface area contributed by atoms with Crippen LogP contribution in [0.1, 0.15) is 42.1 Å². The smallest absolute Gasteiger partial charge is 0.194 e. The van der Waals surface area contributed by atoms with E-state index in [0.29, 0.717) is 5.01 Å². The fourth-order valence-electron chi connectivity index (χ4n) is 1.61. The number of rotatable bonds is 3. The van der Waals surface area contributed by atoms with Gasteiger partial charge in [0, 0.05) is 5.38 Å². The highest BCUT2D eigenvalue weighted by molar-refractivity contribution is 7.09. The lowest BCUT2D eigenvalue weighted by atomic mass is 10.1. The van der Waals surface area contributed by atoms with Gasteiger partial charge in [0.15, 0.2) is 17.5 Å². The monoisotopic (exact) mass is 286 g/mol. The first-order valence-corrected chi connectivity index (χ1v) is 6.63. The maximum absolute atomic E-state index is 13.2. The molecule has 0 aliphatic heterocycles. The first kappa shape index (κ1) is 14.0. The molecule has 2 aromatic rings. The first-order chi connectivity index (χ1) is 8.90. The molecule has 2 rings (SSSR count). The van der Waals surface area contributed by atoms with Gasteiger partial charge in [-0.2, -0.15) is 0 Å². The second-order valence-electron chi connectivity index (χ2n) is 4.54. The Balaban J connectivity index is 2.35. The molecule has 2 N–H and O–H groups in total. The van der Waals surface area contributed by atoms with E-state index in [0.717, 1.165) is 17.8 Å². The van der Waals surface area contributed by atoms with Crippen molar-refractivity contribution in [2.45, 2.75) is 25.8 Å². The lowest BCUT2D eigenvalue weighted by molar-refractivity contribution is 0.444. The normalized spacial score (nSPS) is 13.0. The Bertz CT molecular complexity index is 572. The Labute approximate surface area is 113 Å². The summed E-state index contributed by atoms with van der Waals surface area (Å²) in [6.07, 6.45) is 0. The van der Waals surface area contributed by atoms with Crippen LogP contribution in [-0.4, -0.2) is 4.98 Å². The van der Waals surface area contributed by atoms with E-state index in [4.69, 9.17) is 5.73 Å². The van der Waals surface area contributed by atoms with Crippen molar-refractivity contribution in [3.05, 3.63) is 51.2 Å². The minimum Gasteiger partial charge on any atom is -0.318 e. The highest BCUT2D eigenvalue weighted by Crippen LogP contribution is 2.27. The van der Waals surface area contributed by atoms with Crippen molar-refractivity contribution in [1.29, 1.82) is 0 Å². The molecule has 0 spiro atoms. The lowest BCUT2D eigenvalue weighted by Gasteiger charge is -2.10. The predicted molar refractivity (Wildman–Crippen MR) is 68.5 cm³/mol. The predicted octanol–water partition coefficient (Wildman–Crippen LogP) is 3.73. The molecule has 1 atom stereocenters. The lowest BCUT2D eigenvalue weighted by Crippen LogP contribution is -2.13. The van der Waals surface area contributed by atoms with E-state index in [1.54, 1.807) is 0 Å². The number of halogens is 3. The third-order valence-corrected chi connectivity index (χ3v) is 3.71. The van der Waals surface area contributed by atoms with E-state index in [1.165, 1.54) is 11.3 Å². The first-order valence-electron chi connectivity index (χ1n) is 5.75. The second-order valence-corrected chi connectivity index (χ2v) is 5.43. The van der Waals surface area contributed by atoms with Crippen molar-refractivity contribution < 1.29 is 13.2 Å². The molecule has 0 aliphatic rings. The van der Waals surface area contributed by atoms with E-state index in [-0.39, 0.29) is 11.5 Å². The average molecular weight is 286 g/mol. The van der Waals surface area contributed by atoms with Crippen LogP contribution in [0.4, 0.5) is 13.2 Å². The van der Waals surface area contributed by atoms with Crippen LogP contribution in [0, 0.1) is 17.5 Å². The minimum atomic E-state index is -1.49. The van der Waals surface area contributed by atoms with Gasteiger partial charge in [0.05, 0.1) is 11.7 Å². The molecule has 1 unspecified atom stereocenters. The van der Waals surface area contributed by atoms with Crippen LogP contribution in [0.2, 0.25) is 0 Å². The zero-order chi connectivity index (χ0) is 14.2. The van der Waals surface area contributed by atoms with Gasteiger partial charge >= 0.3 is 0 Å². The summed E-state index contributed by atoms with van der Waals surface area (Å²) in [7, 11) is 0. The van der Waals surface area contributed by atoms with Crippen LogP contribution >= 0.6 is 11.3 Å². The molecule has 6 heteroatoms. The van der Waals surface area contributed by atoms with Crippen molar-refractivity contribution in [3.8, 4) is 0 Å². The maximum atomic E-state index is 13.2. The van der Waals surface area contributed by atoms with Crippen molar-refractivity contribution in [2.24, 2.45) is 5.73 Å². The van der Waals surface area contributed by atoms with Crippen LogP contribution in [0.5, 0.6) is 0 Å². The summed E-state index contributed by atoms with van der Waals surface area (Å²) < 4.78 is 39.2. The summed E-state index contributed by atoms with van der Waals surface area (Å²) in [5, 5.41) is 2.41. The topological polar surface area (TPSA) is 38.9 Å². The molecule has 1 aromatic carbocycles. The van der Waals surface area contributed by atoms with E-state index >= 15 is 0 Å². The molecule has 0 bridgehead atoms. The largest absolute Gasteiger partial charge is 0.318 e. The molecule has 2 nitrogen and oxygen atoms in total. The molecule has 0 aliphatic carbocycles. The van der Waals surface area contributed by atoms with Crippen LogP contribution in [0.3, 0.4) is 0 Å². The van der Waals surface area contributed by atoms with Crippen molar-refractivity contribution in [1.82, 2.24) is 4.98 Å². The number of benzene rings is 1. The quantitative estimate of drug-likeness (QED) is 0.873. The number of nitrogens with two attached hydrogens (primary N) is 1. The van der Waals surface area contributed by atoms with Crippen LogP contribution in [0.15, 0.2) is 17.5 Å². The molecular weight excluding hydrogens is 273 g/mol. The standard InChI is InChI=1S/C13H13F3N2S/c1-6(2)10-5-19-13(18-10)12(17)7-3-8(14)11(16)9(15)4-7/h3-6,12H,17H2,1-2H3. The highest BCUT2D eigenvalue weighted by Gasteiger charge is 2.19. The van der Waals surface area contributed by atoms with Gasteiger partial charge in [0.25, 0.3) is 0 Å². The zero-order valence-electron chi connectivity index (χ0n) is 10.5. The van der Waals surface area contributed by atoms with E-state index in [1.807, 2.05) is 19.2 Å². The van der Waals surface area contributed by atoms with Gasteiger partial charge in [-0.25, -0.2) is 18.2 Å². The number of thiazole rings is 1. The number of aromatic nitrogens is 1. The zero-order valence-corrected chi connectivity index (χ0v) is 11.3. The summed E-state index contributed by atoms with van der Waals surface area (Å²) in [4.78, 5) is 4.32. The summed E-state index contributed by atoms with van der Waals surface area (Å²) >= 11 is 1.32. The fraction of sp³-hybridized carbons (Fsp3) is 0.308. The molecular formula is C13H13F3N2S. The van der Waals surface area contributed by atoms with Gasteiger partial charge in [-0.05, 0) is 23.6 Å². The number of hydrogen-bond acceptors (Lipinski definition) is 3. The van der Waals surface area contributed by atoms with Crippen LogP contribution in [-0.2, 0) is 0 Å². The molecule has 0 fully saturated rings. The summed E-state index contributed by atoms with van der Waals surface area (Å²) in [5.74, 6) is -3.73. The Morgan fingerprint density at radius 2 is 1.74 bits per heavy atom. The molecule has 1 aromatic heterocycles. The van der Waals surface area contributed by atoms with Crippen molar-refractivity contribution in [3.63, 3.8) is 0 Å². The van der Waals surface area contributed by atoms with Gasteiger partial charge in [0.2, 0.25) is 0 Å². The fourth-order valence-corrected chi connectivity index (χ4v) is 2.61. The summed E-state index contributed by atoms with van der Waals surface area (Å²) in [6.45, 7) is 3.98. The third kappa shape index (κ3) is 2.79. The molecule has 0 radical (unpaired) electrons. The van der Waals surface area contributed by atoms with Crippen molar-refractivity contribution in [2.75, 3.05) is 0 Å². The molecule has 19 heavy (non-hydrogen) atoms. The van der Waals surface area contributed by atoms with Crippen molar-refractivity contribution >= 4 is 11.3 Å². The summed E-state index contributed by atoms with van der Waals surface area (Å²) in [6, 6.07) is 1.04. The SMILES string of the molecule is CC(C)c1csc(C(N)c2cc(F)c(F)c(F)c2)n1. The minimum absolute atomic E-state index is 0.168. The second kappa shape index (κ2) is 5.30. The van der Waals surface area contributed by atoms with Gasteiger partial charge in [-0.3, -0.25) is 0 Å². The average Bonchev–Trinajstić information content (AvgIpc) is 2.84. The maximum Gasteiger partial charge on any atom is 0.194 e. The Kier molecular flexibility index (Phi) is 3.91. The number of nitrogens with zero attached hydrogens (tertiary/aromatic N) is 1. The Hall–Kier alpha value is -1.40. The number of hydrogen-bond donors (Lipinski definition) is 1. The van der Waals surface area contributed by atoms with Gasteiger partial charge in [0.1, 0.15) is 5.01 Å². The Morgan fingerprint density at radius 3 is 2.21 bits per heavy atom. The van der Waals surface area contributed by atoms with E-state index < -0.39 is 23.5 Å². The molecule has 0 saturated carbocycles. The molecule has 1 heterocycles. The van der Waals surface area contributed by atoms with E-state index in [2.05, 4.69) is 4.98 Å². The van der Waals surface area contributed by atoms with Gasteiger partial charge in [-0.1, -0.05) is 13.8 Å². The van der Waals surface area contributed by atoms with Gasteiger partial charge < -0.3 is 5.73 Å². The molecule has 0 saturated heterocycles. The van der Waals surface area contributed by atoms with Crippen LogP contribution in [0.25, 0.3) is 0 Å². The van der Waals surface area contributed by atoms with Crippen LogP contribution < -0.4 is 5.73 Å². The Morgan fingerprint density at radius 1 is 1.16 bits per heavy atom. The summed E-state index contributed by atoms with van der Waals surface area (Å²) in [5.41, 5.74) is 6.95. The van der Waals surface area contributed by atoms with E-state index in [9.17, 15) is 13.2 Å². The highest BCUT2D eigenvalue weighted by atomic mass is 32.1. The molecule has 0 amide bonds. The third-order valence-electron chi connectivity index (χ3n) is 2.76. The van der Waals surface area contributed by atoms with Gasteiger partial charge in [-0.15, -0.1) is 11.3 Å².